The predicted molar refractivity (Wildman–Crippen MR) is 118 cm³/mol. The van der Waals surface area contributed by atoms with Crippen molar-refractivity contribution in [3.05, 3.63) is 82.4 Å². The predicted octanol–water partition coefficient (Wildman–Crippen LogP) is 4.79. The topological polar surface area (TPSA) is 68.0 Å². The van der Waals surface area contributed by atoms with Gasteiger partial charge in [-0.15, -0.1) is 0 Å². The van der Waals surface area contributed by atoms with Crippen molar-refractivity contribution in [2.75, 3.05) is 5.43 Å². The Bertz CT molecular complexity index is 1170. The smallest absolute Gasteiger partial charge is 0.226 e. The van der Waals surface area contributed by atoms with Crippen LogP contribution in [0.4, 0.5) is 5.82 Å². The van der Waals surface area contributed by atoms with Crippen LogP contribution in [0.3, 0.4) is 0 Å². The average molecular weight is 405 g/mol. The van der Waals surface area contributed by atoms with E-state index in [0.717, 1.165) is 24.4 Å². The molecule has 0 amide bonds. The van der Waals surface area contributed by atoms with Gasteiger partial charge in [0.1, 0.15) is 5.82 Å². The molecule has 4 aromatic rings. The number of aryl methyl sites for hydroxylation is 4. The summed E-state index contributed by atoms with van der Waals surface area (Å²) < 4.78 is 2.06. The molecule has 2 heterocycles. The molecule has 0 saturated heterocycles. The van der Waals surface area contributed by atoms with Crippen LogP contribution in [0, 0.1) is 13.8 Å². The lowest BCUT2D eigenvalue weighted by Gasteiger charge is -2.07. The number of hydrogen-bond acceptors (Lipinski definition) is 5. The molecule has 0 atom stereocenters. The highest BCUT2D eigenvalue weighted by Crippen LogP contribution is 2.23. The minimum atomic E-state index is 0.159. The van der Waals surface area contributed by atoms with E-state index in [1.807, 2.05) is 50.2 Å². The van der Waals surface area contributed by atoms with E-state index < -0.39 is 0 Å². The Kier molecular flexibility index (Phi) is 5.53. The van der Waals surface area contributed by atoms with Gasteiger partial charge in [-0.3, -0.25) is 5.43 Å². The van der Waals surface area contributed by atoms with Gasteiger partial charge in [-0.25, -0.2) is 4.98 Å². The van der Waals surface area contributed by atoms with E-state index in [4.69, 9.17) is 11.6 Å². The van der Waals surface area contributed by atoms with E-state index in [0.29, 0.717) is 17.0 Å². The Morgan fingerprint density at radius 3 is 2.66 bits per heavy atom. The van der Waals surface area contributed by atoms with Crippen molar-refractivity contribution < 1.29 is 0 Å². The van der Waals surface area contributed by atoms with Gasteiger partial charge in [-0.05, 0) is 43.0 Å². The summed E-state index contributed by atoms with van der Waals surface area (Å²) in [4.78, 5) is 13.3. The number of anilines is 1. The number of nitrogens with zero attached hydrogens (tertiary/aromatic N) is 5. The van der Waals surface area contributed by atoms with Crippen molar-refractivity contribution in [1.82, 2.24) is 19.5 Å². The molecule has 0 fully saturated rings. The van der Waals surface area contributed by atoms with Crippen LogP contribution in [-0.2, 0) is 13.0 Å². The van der Waals surface area contributed by atoms with Crippen molar-refractivity contribution in [2.45, 2.75) is 26.8 Å². The van der Waals surface area contributed by atoms with Gasteiger partial charge in [0.25, 0.3) is 0 Å². The first-order valence-electron chi connectivity index (χ1n) is 9.40. The van der Waals surface area contributed by atoms with Crippen molar-refractivity contribution in [3.8, 4) is 0 Å². The summed E-state index contributed by atoms with van der Waals surface area (Å²) >= 11 is 6.18. The van der Waals surface area contributed by atoms with Crippen LogP contribution >= 0.6 is 11.6 Å². The second kappa shape index (κ2) is 8.41. The second-order valence-electron chi connectivity index (χ2n) is 6.84. The first-order chi connectivity index (χ1) is 14.1. The molecule has 0 saturated carbocycles. The maximum Gasteiger partial charge on any atom is 0.226 e. The lowest BCUT2D eigenvalue weighted by atomic mass is 10.1. The molecule has 0 aliphatic rings. The zero-order valence-electron chi connectivity index (χ0n) is 16.3. The number of imidazole rings is 1. The lowest BCUT2D eigenvalue weighted by Crippen LogP contribution is -2.05. The Hall–Kier alpha value is -3.25. The summed E-state index contributed by atoms with van der Waals surface area (Å²) in [5.41, 5.74) is 7.76. The van der Waals surface area contributed by atoms with Gasteiger partial charge in [-0.2, -0.15) is 15.1 Å². The number of fused-ring (bicyclic) bond motifs is 1. The highest BCUT2D eigenvalue weighted by molar-refractivity contribution is 6.28. The average Bonchev–Trinajstić information content (AvgIpc) is 3.02. The first kappa shape index (κ1) is 19.1. The van der Waals surface area contributed by atoms with E-state index in [2.05, 4.69) is 48.2 Å². The van der Waals surface area contributed by atoms with E-state index in [9.17, 15) is 0 Å². The highest BCUT2D eigenvalue weighted by Gasteiger charge is 2.15. The Balaban J connectivity index is 1.60. The fourth-order valence-corrected chi connectivity index (χ4v) is 3.40. The molecule has 2 aromatic carbocycles. The molecule has 0 bridgehead atoms. The molecule has 146 valence electrons. The van der Waals surface area contributed by atoms with Crippen molar-refractivity contribution >= 4 is 34.8 Å². The monoisotopic (exact) mass is 404 g/mol. The largest absolute Gasteiger partial charge is 0.312 e. The third kappa shape index (κ3) is 4.43. The van der Waals surface area contributed by atoms with Gasteiger partial charge in [0.2, 0.25) is 5.28 Å². The van der Waals surface area contributed by atoms with Gasteiger partial charge in [-0.1, -0.05) is 60.2 Å². The van der Waals surface area contributed by atoms with Gasteiger partial charge >= 0.3 is 0 Å². The summed E-state index contributed by atoms with van der Waals surface area (Å²) in [5, 5.41) is 4.46. The molecule has 7 heteroatoms. The van der Waals surface area contributed by atoms with Crippen LogP contribution in [-0.4, -0.2) is 25.7 Å². The fraction of sp³-hybridized carbons (Fsp3) is 0.182. The molecule has 2 aromatic heterocycles. The van der Waals surface area contributed by atoms with Crippen molar-refractivity contribution in [3.63, 3.8) is 0 Å². The molecule has 29 heavy (non-hydrogen) atoms. The Morgan fingerprint density at radius 2 is 1.86 bits per heavy atom. The molecule has 0 aliphatic heterocycles. The molecule has 0 unspecified atom stereocenters. The minimum Gasteiger partial charge on any atom is -0.312 e. The van der Waals surface area contributed by atoms with Crippen LogP contribution in [0.25, 0.3) is 11.2 Å². The van der Waals surface area contributed by atoms with Crippen LogP contribution in [0.15, 0.2) is 59.7 Å². The Morgan fingerprint density at radius 1 is 1.03 bits per heavy atom. The number of benzene rings is 2. The maximum atomic E-state index is 6.18. The number of hydrazone groups is 1. The highest BCUT2D eigenvalue weighted by atomic mass is 35.5. The summed E-state index contributed by atoms with van der Waals surface area (Å²) in [6.07, 6.45) is 2.62. The summed E-state index contributed by atoms with van der Waals surface area (Å²) in [6.45, 7) is 4.76. The molecule has 0 spiro atoms. The van der Waals surface area contributed by atoms with Gasteiger partial charge in [0, 0.05) is 6.54 Å². The first-order valence-corrected chi connectivity index (χ1v) is 9.78. The minimum absolute atomic E-state index is 0.159. The van der Waals surface area contributed by atoms with Crippen LogP contribution < -0.4 is 5.43 Å². The Labute approximate surface area is 174 Å². The zero-order chi connectivity index (χ0) is 20.2. The molecule has 0 radical (unpaired) electrons. The number of halogens is 1. The number of nitrogens with one attached hydrogen (secondary N) is 1. The van der Waals surface area contributed by atoms with Crippen LogP contribution in [0.1, 0.15) is 22.5 Å². The summed E-state index contributed by atoms with van der Waals surface area (Å²) in [5.74, 6) is 1.35. The van der Waals surface area contributed by atoms with Gasteiger partial charge in [0.15, 0.2) is 17.0 Å². The number of rotatable bonds is 6. The van der Waals surface area contributed by atoms with Crippen molar-refractivity contribution in [1.29, 1.82) is 0 Å². The summed E-state index contributed by atoms with van der Waals surface area (Å²) in [6, 6.07) is 18.4. The molecule has 4 rings (SSSR count). The fourth-order valence-electron chi connectivity index (χ4n) is 3.23. The second-order valence-corrected chi connectivity index (χ2v) is 7.18. The van der Waals surface area contributed by atoms with Gasteiger partial charge < -0.3 is 4.57 Å². The zero-order valence-corrected chi connectivity index (χ0v) is 17.1. The van der Waals surface area contributed by atoms with Crippen LogP contribution in [0.2, 0.25) is 5.28 Å². The SMILES string of the molecule is Cc1cccc(C=NNc2nc(Cl)nc3c2nc(C)n3CCc2ccccc2)c1. The molecule has 6 nitrogen and oxygen atoms in total. The number of aromatic nitrogens is 4. The number of hydrogen-bond donors (Lipinski definition) is 1. The third-order valence-corrected chi connectivity index (χ3v) is 4.82. The maximum absolute atomic E-state index is 6.18. The van der Waals surface area contributed by atoms with Gasteiger partial charge in [0.05, 0.1) is 6.21 Å². The van der Waals surface area contributed by atoms with Crippen molar-refractivity contribution in [2.24, 2.45) is 5.10 Å². The lowest BCUT2D eigenvalue weighted by molar-refractivity contribution is 0.686. The third-order valence-electron chi connectivity index (χ3n) is 4.65. The van der Waals surface area contributed by atoms with E-state index >= 15 is 0 Å². The molecular formula is C22H21ClN6. The molecular weight excluding hydrogens is 384 g/mol. The van der Waals surface area contributed by atoms with E-state index in [1.165, 1.54) is 11.1 Å². The molecule has 1 N–H and O–H groups in total. The van der Waals surface area contributed by atoms with E-state index in [1.54, 1.807) is 6.21 Å². The van der Waals surface area contributed by atoms with Crippen LogP contribution in [0.5, 0.6) is 0 Å². The standard InChI is InChI=1S/C22H21ClN6/c1-15-7-6-10-18(13-15)14-24-28-20-19-21(27-22(23)26-20)29(16(2)25-19)12-11-17-8-4-3-5-9-17/h3-10,13-14H,11-12H2,1-2H3,(H,26,27,28). The summed E-state index contributed by atoms with van der Waals surface area (Å²) in [7, 11) is 0. The van der Waals surface area contributed by atoms with E-state index in [-0.39, 0.29) is 5.28 Å². The normalized spacial score (nSPS) is 11.4. The quantitative estimate of drug-likeness (QED) is 0.285. The molecule has 0 aliphatic carbocycles.